The van der Waals surface area contributed by atoms with Gasteiger partial charge in [0, 0.05) is 57.8 Å². The van der Waals surface area contributed by atoms with E-state index in [1.807, 2.05) is 0 Å². The number of carbonyl (C=O) groups is 1. The molecule has 1 aromatic carbocycles. The predicted molar refractivity (Wildman–Crippen MR) is 125 cm³/mol. The molecule has 2 saturated heterocycles. The molecule has 3 rings (SSSR count). The summed E-state index contributed by atoms with van der Waals surface area (Å²) in [5.74, 6) is 0.422. The van der Waals surface area contributed by atoms with Gasteiger partial charge in [-0.15, -0.1) is 0 Å². The summed E-state index contributed by atoms with van der Waals surface area (Å²) in [4.78, 5) is 17.3. The third-order valence-corrected chi connectivity index (χ3v) is 7.02. The Bertz CT molecular complexity index is 712. The summed E-state index contributed by atoms with van der Waals surface area (Å²) in [6.45, 7) is 8.83. The van der Waals surface area contributed by atoms with Crippen molar-refractivity contribution in [3.05, 3.63) is 35.4 Å². The zero-order chi connectivity index (χ0) is 21.5. The fraction of sp³-hybridized carbons (Fsp3) is 0.667. The van der Waals surface area contributed by atoms with Crippen LogP contribution in [0.5, 0.6) is 0 Å². The van der Waals surface area contributed by atoms with Crippen LogP contribution < -0.4 is 5.73 Å². The fourth-order valence-corrected chi connectivity index (χ4v) is 5.25. The molecule has 2 fully saturated rings. The van der Waals surface area contributed by atoms with Gasteiger partial charge in [-0.05, 0) is 51.0 Å². The lowest BCUT2D eigenvalue weighted by Crippen LogP contribution is -2.49. The smallest absolute Gasteiger partial charge is 0.218 e. The average molecular weight is 432 g/mol. The molecule has 0 aromatic heterocycles. The Morgan fingerprint density at radius 2 is 1.97 bits per heavy atom. The lowest BCUT2D eigenvalue weighted by Gasteiger charge is -2.42. The van der Waals surface area contributed by atoms with Gasteiger partial charge in [0.1, 0.15) is 0 Å². The second-order valence-corrected chi connectivity index (χ2v) is 9.53. The molecule has 0 spiro atoms. The van der Waals surface area contributed by atoms with Crippen LogP contribution in [0.4, 0.5) is 0 Å². The summed E-state index contributed by atoms with van der Waals surface area (Å²) in [5, 5.41) is 0. The number of hydrogen-bond acceptors (Lipinski definition) is 4. The number of nitrogens with two attached hydrogens (primary N) is 1. The lowest BCUT2D eigenvalue weighted by atomic mass is 9.94. The number of primary amides is 1. The molecule has 0 aliphatic carbocycles. The van der Waals surface area contributed by atoms with Crippen LogP contribution in [0.3, 0.4) is 0 Å². The van der Waals surface area contributed by atoms with Crippen LogP contribution in [-0.4, -0.2) is 59.1 Å². The Kier molecular flexibility index (Phi) is 8.66. The largest absolute Gasteiger partial charge is 0.381 e. The van der Waals surface area contributed by atoms with Crippen molar-refractivity contribution >= 4 is 23.1 Å². The number of carbonyl (C=O) groups excluding carboxylic acids is 1. The molecule has 1 amide bonds. The Labute approximate surface area is 186 Å². The van der Waals surface area contributed by atoms with E-state index in [9.17, 15) is 4.79 Å². The second kappa shape index (κ2) is 11.2. The van der Waals surface area contributed by atoms with Crippen molar-refractivity contribution < 1.29 is 9.53 Å². The van der Waals surface area contributed by atoms with Crippen molar-refractivity contribution in [2.24, 2.45) is 11.7 Å². The molecular formula is C24H37N3O2S. The van der Waals surface area contributed by atoms with E-state index in [1.165, 1.54) is 11.1 Å². The maximum atomic E-state index is 11.3. The number of ether oxygens (including phenoxy) is 1. The van der Waals surface area contributed by atoms with Crippen LogP contribution in [0.1, 0.15) is 56.6 Å². The topological polar surface area (TPSA) is 58.8 Å². The third kappa shape index (κ3) is 6.76. The standard InChI is InChI=1S/C24H37N3O2S/c1-18-4-3-5-21(14-18)17-27(24(30)16-20-8-12-29-13-9-20)22-6-10-26(11-7-22)19(2)15-23(25)28/h3-5,14,19-20,22H,6-13,15-17H2,1-2H3,(H2,25,28). The highest BCUT2D eigenvalue weighted by molar-refractivity contribution is 7.80. The Morgan fingerprint density at radius 3 is 2.60 bits per heavy atom. The number of hydrogen-bond donors (Lipinski definition) is 1. The molecule has 2 N–H and O–H groups in total. The first kappa shape index (κ1) is 23.2. The van der Waals surface area contributed by atoms with E-state index < -0.39 is 0 Å². The van der Waals surface area contributed by atoms with E-state index in [1.54, 1.807) is 0 Å². The van der Waals surface area contributed by atoms with Crippen LogP contribution in [0.15, 0.2) is 24.3 Å². The molecule has 5 nitrogen and oxygen atoms in total. The second-order valence-electron chi connectivity index (χ2n) is 9.06. The highest BCUT2D eigenvalue weighted by Gasteiger charge is 2.29. The van der Waals surface area contributed by atoms with E-state index in [4.69, 9.17) is 22.7 Å². The van der Waals surface area contributed by atoms with Gasteiger partial charge in [-0.1, -0.05) is 42.0 Å². The summed E-state index contributed by atoms with van der Waals surface area (Å²) >= 11 is 6.02. The average Bonchev–Trinajstić information content (AvgIpc) is 2.72. The van der Waals surface area contributed by atoms with E-state index >= 15 is 0 Å². The van der Waals surface area contributed by atoms with Gasteiger partial charge in [0.05, 0.1) is 4.99 Å². The molecule has 30 heavy (non-hydrogen) atoms. The summed E-state index contributed by atoms with van der Waals surface area (Å²) in [6, 6.07) is 9.43. The van der Waals surface area contributed by atoms with E-state index in [-0.39, 0.29) is 11.9 Å². The van der Waals surface area contributed by atoms with E-state index in [2.05, 4.69) is 47.9 Å². The molecule has 6 heteroatoms. The molecule has 166 valence electrons. The summed E-state index contributed by atoms with van der Waals surface area (Å²) < 4.78 is 5.53. The maximum Gasteiger partial charge on any atom is 0.218 e. The maximum absolute atomic E-state index is 11.3. The van der Waals surface area contributed by atoms with Crippen molar-refractivity contribution in [2.75, 3.05) is 26.3 Å². The molecule has 0 bridgehead atoms. The normalized spacial score (nSPS) is 20.1. The molecule has 1 atom stereocenters. The predicted octanol–water partition coefficient (Wildman–Crippen LogP) is 3.67. The van der Waals surface area contributed by atoms with Crippen molar-refractivity contribution in [1.29, 1.82) is 0 Å². The van der Waals surface area contributed by atoms with E-state index in [0.29, 0.717) is 18.4 Å². The van der Waals surface area contributed by atoms with Crippen molar-refractivity contribution in [3.63, 3.8) is 0 Å². The minimum atomic E-state index is -0.219. The van der Waals surface area contributed by atoms with Crippen LogP contribution in [-0.2, 0) is 16.1 Å². The van der Waals surface area contributed by atoms with Gasteiger partial charge in [0.15, 0.2) is 0 Å². The van der Waals surface area contributed by atoms with Gasteiger partial charge in [-0.3, -0.25) is 9.69 Å². The minimum absolute atomic E-state index is 0.211. The summed E-state index contributed by atoms with van der Waals surface area (Å²) in [7, 11) is 0. The number of likely N-dealkylation sites (tertiary alicyclic amines) is 1. The highest BCUT2D eigenvalue weighted by Crippen LogP contribution is 2.26. The highest BCUT2D eigenvalue weighted by atomic mass is 32.1. The number of aryl methyl sites for hydroxylation is 1. The number of benzene rings is 1. The fourth-order valence-electron chi connectivity index (χ4n) is 4.80. The first-order valence-corrected chi connectivity index (χ1v) is 11.8. The summed E-state index contributed by atoms with van der Waals surface area (Å²) in [6.07, 6.45) is 5.79. The first-order valence-electron chi connectivity index (χ1n) is 11.4. The quantitative estimate of drug-likeness (QED) is 0.637. The number of amides is 1. The SMILES string of the molecule is Cc1cccc(CN(C(=S)CC2CCOCC2)C2CCN(C(C)CC(N)=O)CC2)c1. The van der Waals surface area contributed by atoms with Crippen LogP contribution in [0, 0.1) is 12.8 Å². The van der Waals surface area contributed by atoms with Gasteiger partial charge < -0.3 is 15.4 Å². The van der Waals surface area contributed by atoms with Gasteiger partial charge in [0.25, 0.3) is 0 Å². The van der Waals surface area contributed by atoms with Crippen LogP contribution in [0.25, 0.3) is 0 Å². The van der Waals surface area contributed by atoms with Crippen molar-refractivity contribution in [1.82, 2.24) is 9.80 Å². The minimum Gasteiger partial charge on any atom is -0.381 e. The number of thiocarbonyl (C=S) groups is 1. The van der Waals surface area contributed by atoms with Gasteiger partial charge >= 0.3 is 0 Å². The van der Waals surface area contributed by atoms with Crippen molar-refractivity contribution in [3.8, 4) is 0 Å². The molecule has 0 radical (unpaired) electrons. The first-order chi connectivity index (χ1) is 14.4. The molecule has 0 saturated carbocycles. The number of piperidine rings is 1. The Hall–Kier alpha value is -1.50. The monoisotopic (exact) mass is 431 g/mol. The molecule has 2 aliphatic heterocycles. The van der Waals surface area contributed by atoms with Crippen LogP contribution in [0.2, 0.25) is 0 Å². The number of nitrogens with zero attached hydrogens (tertiary/aromatic N) is 2. The Balaban J connectivity index is 1.66. The zero-order valence-corrected chi connectivity index (χ0v) is 19.3. The number of rotatable bonds is 8. The molecule has 2 heterocycles. The third-order valence-electron chi connectivity index (χ3n) is 6.62. The van der Waals surface area contributed by atoms with Gasteiger partial charge in [-0.2, -0.15) is 0 Å². The van der Waals surface area contributed by atoms with Crippen molar-refractivity contribution in [2.45, 2.75) is 71.0 Å². The lowest BCUT2D eigenvalue weighted by molar-refractivity contribution is -0.119. The molecule has 1 aromatic rings. The van der Waals surface area contributed by atoms with Gasteiger partial charge in [-0.25, -0.2) is 0 Å². The van der Waals surface area contributed by atoms with Gasteiger partial charge in [0.2, 0.25) is 5.91 Å². The Morgan fingerprint density at radius 1 is 1.27 bits per heavy atom. The molecular weight excluding hydrogens is 394 g/mol. The molecule has 2 aliphatic rings. The van der Waals surface area contributed by atoms with E-state index in [0.717, 1.165) is 69.9 Å². The zero-order valence-electron chi connectivity index (χ0n) is 18.5. The van der Waals surface area contributed by atoms with Crippen LogP contribution >= 0.6 is 12.2 Å². The molecule has 1 unspecified atom stereocenters. The summed E-state index contributed by atoms with van der Waals surface area (Å²) in [5.41, 5.74) is 8.02.